The van der Waals surface area contributed by atoms with Crippen LogP contribution in [-0.4, -0.2) is 29.6 Å². The fourth-order valence-electron chi connectivity index (χ4n) is 1.30. The number of ether oxygens (including phenoxy) is 1. The molecule has 0 aliphatic rings. The number of hydrogen-bond acceptors (Lipinski definition) is 5. The Morgan fingerprint density at radius 2 is 2.35 bits per heavy atom. The van der Waals surface area contributed by atoms with Gasteiger partial charge in [-0.15, -0.1) is 0 Å². The summed E-state index contributed by atoms with van der Waals surface area (Å²) in [6.45, 7) is 1.28. The average Bonchev–Trinajstić information content (AvgIpc) is 2.78. The van der Waals surface area contributed by atoms with Crippen LogP contribution in [0.15, 0.2) is 24.3 Å². The highest BCUT2D eigenvalue weighted by Crippen LogP contribution is 2.21. The van der Waals surface area contributed by atoms with Gasteiger partial charge in [0.15, 0.2) is 5.82 Å². The van der Waals surface area contributed by atoms with E-state index in [4.69, 9.17) is 4.74 Å². The van der Waals surface area contributed by atoms with Gasteiger partial charge in [0.2, 0.25) is 5.13 Å². The lowest BCUT2D eigenvalue weighted by atomic mass is 10.2. The van der Waals surface area contributed by atoms with E-state index in [0.29, 0.717) is 29.7 Å². The van der Waals surface area contributed by atoms with Crippen LogP contribution in [0.1, 0.15) is 0 Å². The van der Waals surface area contributed by atoms with Crippen molar-refractivity contribution in [3.8, 4) is 11.4 Å². The number of aromatic nitrogens is 2. The van der Waals surface area contributed by atoms with E-state index >= 15 is 0 Å². The number of nitrogens with zero attached hydrogens (tertiary/aromatic N) is 2. The zero-order valence-electron chi connectivity index (χ0n) is 9.31. The van der Waals surface area contributed by atoms with Crippen molar-refractivity contribution in [2.45, 2.75) is 0 Å². The summed E-state index contributed by atoms with van der Waals surface area (Å²) >= 11 is 1.25. The van der Waals surface area contributed by atoms with Gasteiger partial charge in [-0.2, -0.15) is 9.36 Å². The van der Waals surface area contributed by atoms with Crippen LogP contribution in [0.4, 0.5) is 9.52 Å². The second-order valence-corrected chi connectivity index (χ2v) is 4.10. The van der Waals surface area contributed by atoms with Gasteiger partial charge in [-0.3, -0.25) is 0 Å². The fourth-order valence-corrected chi connectivity index (χ4v) is 1.91. The maximum absolute atomic E-state index is 13.0. The zero-order valence-corrected chi connectivity index (χ0v) is 10.1. The fraction of sp³-hybridized carbons (Fsp3) is 0.273. The molecule has 0 atom stereocenters. The first-order valence-electron chi connectivity index (χ1n) is 5.12. The van der Waals surface area contributed by atoms with Crippen molar-refractivity contribution >= 4 is 16.7 Å². The maximum atomic E-state index is 13.0. The topological polar surface area (TPSA) is 47.0 Å². The van der Waals surface area contributed by atoms with Crippen LogP contribution >= 0.6 is 11.5 Å². The van der Waals surface area contributed by atoms with Gasteiger partial charge in [0.1, 0.15) is 5.82 Å². The second kappa shape index (κ2) is 5.70. The normalized spacial score (nSPS) is 10.5. The molecule has 0 amide bonds. The molecule has 17 heavy (non-hydrogen) atoms. The standard InChI is InChI=1S/C11H12FN3OS/c1-16-6-5-13-11-14-10(15-17-11)8-3-2-4-9(12)7-8/h2-4,7H,5-6H2,1H3,(H,13,14,15). The van der Waals surface area contributed by atoms with Crippen LogP contribution in [0.5, 0.6) is 0 Å². The summed E-state index contributed by atoms with van der Waals surface area (Å²) in [7, 11) is 1.64. The number of anilines is 1. The third kappa shape index (κ3) is 3.21. The lowest BCUT2D eigenvalue weighted by Crippen LogP contribution is -2.06. The highest BCUT2D eigenvalue weighted by atomic mass is 32.1. The average molecular weight is 253 g/mol. The molecule has 1 aromatic carbocycles. The third-order valence-electron chi connectivity index (χ3n) is 2.09. The van der Waals surface area contributed by atoms with Gasteiger partial charge in [-0.25, -0.2) is 4.39 Å². The summed E-state index contributed by atoms with van der Waals surface area (Å²) in [5, 5.41) is 3.79. The Bertz CT molecular complexity index is 489. The molecule has 0 saturated carbocycles. The maximum Gasteiger partial charge on any atom is 0.202 e. The van der Waals surface area contributed by atoms with E-state index in [9.17, 15) is 4.39 Å². The van der Waals surface area contributed by atoms with Gasteiger partial charge in [-0.05, 0) is 12.1 Å². The quantitative estimate of drug-likeness (QED) is 0.831. The van der Waals surface area contributed by atoms with E-state index in [1.807, 2.05) is 0 Å². The molecule has 0 fully saturated rings. The largest absolute Gasteiger partial charge is 0.383 e. The third-order valence-corrected chi connectivity index (χ3v) is 2.76. The Labute approximate surface area is 103 Å². The minimum absolute atomic E-state index is 0.286. The highest BCUT2D eigenvalue weighted by Gasteiger charge is 2.06. The van der Waals surface area contributed by atoms with Crippen molar-refractivity contribution in [2.24, 2.45) is 0 Å². The predicted octanol–water partition coefficient (Wildman–Crippen LogP) is 2.40. The molecule has 1 heterocycles. The molecule has 0 spiro atoms. The van der Waals surface area contributed by atoms with E-state index in [1.54, 1.807) is 19.2 Å². The van der Waals surface area contributed by atoms with Crippen LogP contribution in [0.3, 0.4) is 0 Å². The lowest BCUT2D eigenvalue weighted by Gasteiger charge is -1.99. The number of nitrogens with one attached hydrogen (secondary N) is 1. The molecular weight excluding hydrogens is 241 g/mol. The molecule has 6 heteroatoms. The van der Waals surface area contributed by atoms with Crippen molar-refractivity contribution in [3.05, 3.63) is 30.1 Å². The molecule has 4 nitrogen and oxygen atoms in total. The first-order chi connectivity index (χ1) is 8.29. The molecule has 0 aliphatic carbocycles. The first-order valence-corrected chi connectivity index (χ1v) is 5.89. The van der Waals surface area contributed by atoms with E-state index in [2.05, 4.69) is 14.7 Å². The first kappa shape index (κ1) is 11.9. The Hall–Kier alpha value is -1.53. The molecule has 0 radical (unpaired) electrons. The summed E-state index contributed by atoms with van der Waals surface area (Å²) < 4.78 is 22.1. The molecule has 1 aromatic heterocycles. The Morgan fingerprint density at radius 3 is 3.12 bits per heavy atom. The molecule has 90 valence electrons. The van der Waals surface area contributed by atoms with Crippen molar-refractivity contribution in [1.82, 2.24) is 9.36 Å². The summed E-state index contributed by atoms with van der Waals surface area (Å²) in [4.78, 5) is 4.27. The molecule has 2 rings (SSSR count). The number of methoxy groups -OCH3 is 1. The molecule has 0 unspecified atom stereocenters. The minimum Gasteiger partial charge on any atom is -0.383 e. The SMILES string of the molecule is COCCNc1nc(-c2cccc(F)c2)ns1. The van der Waals surface area contributed by atoms with Crippen molar-refractivity contribution in [1.29, 1.82) is 0 Å². The van der Waals surface area contributed by atoms with Gasteiger partial charge in [0.25, 0.3) is 0 Å². The Morgan fingerprint density at radius 1 is 1.47 bits per heavy atom. The van der Waals surface area contributed by atoms with Crippen LogP contribution < -0.4 is 5.32 Å². The van der Waals surface area contributed by atoms with Gasteiger partial charge < -0.3 is 10.1 Å². The molecule has 0 aliphatic heterocycles. The van der Waals surface area contributed by atoms with Crippen molar-refractivity contribution in [2.75, 3.05) is 25.6 Å². The van der Waals surface area contributed by atoms with Gasteiger partial charge in [0, 0.05) is 30.8 Å². The van der Waals surface area contributed by atoms with Gasteiger partial charge in [0.05, 0.1) is 6.61 Å². The molecule has 1 N–H and O–H groups in total. The van der Waals surface area contributed by atoms with E-state index in [-0.39, 0.29) is 5.82 Å². The van der Waals surface area contributed by atoms with Crippen molar-refractivity contribution < 1.29 is 9.13 Å². The highest BCUT2D eigenvalue weighted by molar-refractivity contribution is 7.09. The van der Waals surface area contributed by atoms with E-state index in [0.717, 1.165) is 0 Å². The van der Waals surface area contributed by atoms with Crippen molar-refractivity contribution in [3.63, 3.8) is 0 Å². The van der Waals surface area contributed by atoms with E-state index in [1.165, 1.54) is 23.7 Å². The van der Waals surface area contributed by atoms with Crippen LogP contribution in [-0.2, 0) is 4.74 Å². The number of benzene rings is 1. The molecule has 0 saturated heterocycles. The van der Waals surface area contributed by atoms with Crippen LogP contribution in [0, 0.1) is 5.82 Å². The minimum atomic E-state index is -0.286. The number of hydrogen-bond donors (Lipinski definition) is 1. The Balaban J connectivity index is 2.07. The number of halogens is 1. The molecular formula is C11H12FN3OS. The summed E-state index contributed by atoms with van der Waals surface area (Å²) in [6, 6.07) is 6.24. The van der Waals surface area contributed by atoms with Gasteiger partial charge >= 0.3 is 0 Å². The molecule has 0 bridgehead atoms. The summed E-state index contributed by atoms with van der Waals surface area (Å²) in [5.41, 5.74) is 0.682. The zero-order chi connectivity index (χ0) is 12.1. The van der Waals surface area contributed by atoms with Gasteiger partial charge in [-0.1, -0.05) is 12.1 Å². The smallest absolute Gasteiger partial charge is 0.202 e. The predicted molar refractivity (Wildman–Crippen MR) is 65.7 cm³/mol. The van der Waals surface area contributed by atoms with E-state index < -0.39 is 0 Å². The number of rotatable bonds is 5. The van der Waals surface area contributed by atoms with Crippen LogP contribution in [0.25, 0.3) is 11.4 Å². The lowest BCUT2D eigenvalue weighted by molar-refractivity contribution is 0.211. The van der Waals surface area contributed by atoms with Crippen LogP contribution in [0.2, 0.25) is 0 Å². The molecule has 2 aromatic rings. The summed E-state index contributed by atoms with van der Waals surface area (Å²) in [5.74, 6) is 0.251. The second-order valence-electron chi connectivity index (χ2n) is 3.35. The summed E-state index contributed by atoms with van der Waals surface area (Å²) in [6.07, 6.45) is 0. The monoisotopic (exact) mass is 253 g/mol. The Kier molecular flexibility index (Phi) is 4.00.